The minimum Gasteiger partial charge on any atom is -0.341 e. The molecule has 1 heterocycles. The Morgan fingerprint density at radius 2 is 1.87 bits per heavy atom. The fraction of sp³-hybridized carbons (Fsp3) is 0.333. The number of hydrogen-bond donors (Lipinski definition) is 0. The summed E-state index contributed by atoms with van der Waals surface area (Å²) in [5.74, 6) is -2.01. The first-order valence-corrected chi connectivity index (χ1v) is 10.9. The fourth-order valence-electron chi connectivity index (χ4n) is 3.56. The number of piperidine rings is 1. The molecule has 0 aliphatic carbocycles. The second-order valence-electron chi connectivity index (χ2n) is 7.22. The maximum atomic E-state index is 13.8. The number of rotatable bonds is 5. The average molecular weight is 433 g/mol. The monoisotopic (exact) mass is 433 g/mol. The van der Waals surface area contributed by atoms with Crippen molar-refractivity contribution in [3.63, 3.8) is 0 Å². The van der Waals surface area contributed by atoms with Crippen LogP contribution in [-0.4, -0.2) is 43.7 Å². The smallest absolute Gasteiger partial charge is 0.244 e. The van der Waals surface area contributed by atoms with Crippen LogP contribution in [0.25, 0.3) is 0 Å². The highest BCUT2D eigenvalue weighted by atomic mass is 32.2. The van der Waals surface area contributed by atoms with Gasteiger partial charge in [0.15, 0.2) is 0 Å². The van der Waals surface area contributed by atoms with Gasteiger partial charge in [0.1, 0.15) is 17.7 Å². The molecule has 1 amide bonds. The van der Waals surface area contributed by atoms with Crippen LogP contribution in [0.3, 0.4) is 0 Å². The number of hydrogen-bond acceptors (Lipinski definition) is 4. The summed E-state index contributed by atoms with van der Waals surface area (Å²) in [6.07, 6.45) is 0.645. The maximum Gasteiger partial charge on any atom is 0.244 e. The van der Waals surface area contributed by atoms with E-state index in [2.05, 4.69) is 0 Å². The van der Waals surface area contributed by atoms with Gasteiger partial charge in [-0.25, -0.2) is 17.2 Å². The maximum absolute atomic E-state index is 13.8. The molecule has 158 valence electrons. The third-order valence-corrected chi connectivity index (χ3v) is 7.18. The molecule has 0 bridgehead atoms. The van der Waals surface area contributed by atoms with E-state index in [1.54, 1.807) is 12.1 Å². The molecular weight excluding hydrogens is 412 g/mol. The van der Waals surface area contributed by atoms with Crippen molar-refractivity contribution in [2.75, 3.05) is 20.1 Å². The van der Waals surface area contributed by atoms with E-state index in [4.69, 9.17) is 0 Å². The average Bonchev–Trinajstić information content (AvgIpc) is 2.75. The summed E-state index contributed by atoms with van der Waals surface area (Å²) in [5, 5.41) is 9.18. The van der Waals surface area contributed by atoms with Crippen LogP contribution in [0.2, 0.25) is 0 Å². The standard InChI is InChI=1S/C21H21F2N3O3S/c1-25(14-17-6-7-18(22)12-19(17)23)21(27)15-8-10-26(11-9-15)30(28,29)20-5-3-2-4-16(20)13-24/h2-7,12,15H,8-11,14H2,1H3. The minimum atomic E-state index is -3.83. The Hall–Kier alpha value is -2.83. The van der Waals surface area contributed by atoms with Crippen molar-refractivity contribution in [1.82, 2.24) is 9.21 Å². The van der Waals surface area contributed by atoms with Crippen LogP contribution in [0.5, 0.6) is 0 Å². The molecule has 30 heavy (non-hydrogen) atoms. The van der Waals surface area contributed by atoms with E-state index in [1.807, 2.05) is 6.07 Å². The van der Waals surface area contributed by atoms with Gasteiger partial charge in [-0.05, 0) is 31.0 Å². The number of carbonyl (C=O) groups excluding carboxylic acids is 1. The molecule has 6 nitrogen and oxygen atoms in total. The van der Waals surface area contributed by atoms with Crippen LogP contribution >= 0.6 is 0 Å². The molecule has 0 aromatic heterocycles. The molecule has 0 N–H and O–H groups in total. The molecule has 0 atom stereocenters. The van der Waals surface area contributed by atoms with E-state index in [0.717, 1.165) is 12.1 Å². The lowest BCUT2D eigenvalue weighted by atomic mass is 9.96. The molecule has 9 heteroatoms. The van der Waals surface area contributed by atoms with Crippen molar-refractivity contribution in [2.24, 2.45) is 5.92 Å². The second kappa shape index (κ2) is 8.90. The molecule has 1 aliphatic rings. The van der Waals surface area contributed by atoms with Gasteiger partial charge >= 0.3 is 0 Å². The zero-order chi connectivity index (χ0) is 21.9. The zero-order valence-corrected chi connectivity index (χ0v) is 17.2. The number of halogens is 2. The lowest BCUT2D eigenvalue weighted by Crippen LogP contribution is -2.43. The molecule has 1 aliphatic heterocycles. The highest BCUT2D eigenvalue weighted by molar-refractivity contribution is 7.89. The Balaban J connectivity index is 1.64. The summed E-state index contributed by atoms with van der Waals surface area (Å²) in [7, 11) is -2.29. The third kappa shape index (κ3) is 4.50. The summed E-state index contributed by atoms with van der Waals surface area (Å²) < 4.78 is 54.0. The summed E-state index contributed by atoms with van der Waals surface area (Å²) in [6.45, 7) is 0.299. The number of carbonyl (C=O) groups is 1. The molecule has 3 rings (SSSR count). The molecule has 0 unspecified atom stereocenters. The largest absolute Gasteiger partial charge is 0.341 e. The number of sulfonamides is 1. The molecule has 0 saturated carbocycles. The fourth-order valence-corrected chi connectivity index (χ4v) is 5.17. The number of amides is 1. The third-order valence-electron chi connectivity index (χ3n) is 5.23. The van der Waals surface area contributed by atoms with Crippen LogP contribution in [0.4, 0.5) is 8.78 Å². The predicted molar refractivity (Wildman–Crippen MR) is 105 cm³/mol. The molecule has 1 fully saturated rings. The molecule has 2 aromatic rings. The quantitative estimate of drug-likeness (QED) is 0.726. The van der Waals surface area contributed by atoms with Gasteiger partial charge in [-0.1, -0.05) is 18.2 Å². The van der Waals surface area contributed by atoms with Gasteiger partial charge in [0, 0.05) is 44.2 Å². The van der Waals surface area contributed by atoms with E-state index in [1.165, 1.54) is 34.5 Å². The SMILES string of the molecule is CN(Cc1ccc(F)cc1F)C(=O)C1CCN(S(=O)(=O)c2ccccc2C#N)CC1. The van der Waals surface area contributed by atoms with E-state index in [9.17, 15) is 27.3 Å². The van der Waals surface area contributed by atoms with Crippen molar-refractivity contribution in [1.29, 1.82) is 5.26 Å². The highest BCUT2D eigenvalue weighted by Gasteiger charge is 2.34. The van der Waals surface area contributed by atoms with Gasteiger partial charge in [0.2, 0.25) is 15.9 Å². The zero-order valence-electron chi connectivity index (χ0n) is 16.4. The molecule has 0 radical (unpaired) electrons. The normalized spacial score (nSPS) is 15.5. The molecule has 1 saturated heterocycles. The Kier molecular flexibility index (Phi) is 6.48. The van der Waals surface area contributed by atoms with Gasteiger partial charge in [-0.15, -0.1) is 0 Å². The van der Waals surface area contributed by atoms with Gasteiger partial charge < -0.3 is 4.90 Å². The number of nitrogens with zero attached hydrogens (tertiary/aromatic N) is 3. The van der Waals surface area contributed by atoms with Crippen molar-refractivity contribution >= 4 is 15.9 Å². The van der Waals surface area contributed by atoms with E-state index in [-0.39, 0.29) is 41.6 Å². The first kappa shape index (κ1) is 21.9. The topological polar surface area (TPSA) is 81.5 Å². The van der Waals surface area contributed by atoms with E-state index < -0.39 is 27.6 Å². The van der Waals surface area contributed by atoms with Crippen molar-refractivity contribution in [3.8, 4) is 6.07 Å². The Morgan fingerprint density at radius 3 is 2.50 bits per heavy atom. The van der Waals surface area contributed by atoms with Crippen LogP contribution in [0.15, 0.2) is 47.4 Å². The summed E-state index contributed by atoms with van der Waals surface area (Å²) in [5.41, 5.74) is 0.289. The van der Waals surface area contributed by atoms with E-state index >= 15 is 0 Å². The molecular formula is C21H21F2N3O3S. The summed E-state index contributed by atoms with van der Waals surface area (Å²) >= 11 is 0. The molecule has 0 spiro atoms. The Bertz CT molecular complexity index is 1090. The number of benzene rings is 2. The second-order valence-corrected chi connectivity index (χ2v) is 9.12. The van der Waals surface area contributed by atoms with Crippen LogP contribution < -0.4 is 0 Å². The Labute approximate surface area is 174 Å². The van der Waals surface area contributed by atoms with Crippen molar-refractivity contribution in [2.45, 2.75) is 24.3 Å². The van der Waals surface area contributed by atoms with Crippen LogP contribution in [0.1, 0.15) is 24.0 Å². The van der Waals surface area contributed by atoms with Gasteiger partial charge in [-0.2, -0.15) is 9.57 Å². The number of nitriles is 1. The van der Waals surface area contributed by atoms with Crippen molar-refractivity contribution in [3.05, 3.63) is 65.2 Å². The first-order valence-electron chi connectivity index (χ1n) is 9.42. The first-order chi connectivity index (χ1) is 14.2. The molecule has 2 aromatic carbocycles. The van der Waals surface area contributed by atoms with Gasteiger partial charge in [-0.3, -0.25) is 4.79 Å². The highest BCUT2D eigenvalue weighted by Crippen LogP contribution is 2.27. The van der Waals surface area contributed by atoms with Gasteiger partial charge in [0.25, 0.3) is 0 Å². The van der Waals surface area contributed by atoms with E-state index in [0.29, 0.717) is 12.8 Å². The van der Waals surface area contributed by atoms with Crippen LogP contribution in [0, 0.1) is 28.9 Å². The summed E-state index contributed by atoms with van der Waals surface area (Å²) in [6, 6.07) is 11.1. The van der Waals surface area contributed by atoms with Gasteiger partial charge in [0.05, 0.1) is 10.5 Å². The minimum absolute atomic E-state index is 0.000988. The van der Waals surface area contributed by atoms with Crippen LogP contribution in [-0.2, 0) is 21.4 Å². The summed E-state index contributed by atoms with van der Waals surface area (Å²) in [4.78, 5) is 14.1. The van der Waals surface area contributed by atoms with Crippen molar-refractivity contribution < 1.29 is 22.0 Å². The lowest BCUT2D eigenvalue weighted by Gasteiger charge is -2.32. The predicted octanol–water partition coefficient (Wildman–Crippen LogP) is 2.90. The Morgan fingerprint density at radius 1 is 1.20 bits per heavy atom. The lowest BCUT2D eigenvalue weighted by molar-refractivity contribution is -0.136.